The second-order valence-corrected chi connectivity index (χ2v) is 7.14. The first-order valence-electron chi connectivity index (χ1n) is 8.12. The SMILES string of the molecule is CC1(C)OB(c2ccc(C(=O)C3CNCCO3)cc2)OC1(C)C. The third-order valence-corrected chi connectivity index (χ3v) is 4.94. The lowest BCUT2D eigenvalue weighted by atomic mass is 9.78. The molecule has 2 heterocycles. The maximum atomic E-state index is 12.4. The van der Waals surface area contributed by atoms with Gasteiger partial charge in [0.15, 0.2) is 5.78 Å². The zero-order valence-corrected chi connectivity index (χ0v) is 14.2. The highest BCUT2D eigenvalue weighted by Crippen LogP contribution is 2.36. The van der Waals surface area contributed by atoms with Gasteiger partial charge >= 0.3 is 7.12 Å². The number of nitrogens with one attached hydrogen (secondary N) is 1. The van der Waals surface area contributed by atoms with E-state index in [2.05, 4.69) is 5.32 Å². The van der Waals surface area contributed by atoms with Crippen molar-refractivity contribution < 1.29 is 18.8 Å². The summed E-state index contributed by atoms with van der Waals surface area (Å²) in [7, 11) is -0.406. The molecule has 2 saturated heterocycles. The number of morpholine rings is 1. The van der Waals surface area contributed by atoms with E-state index in [1.54, 1.807) is 0 Å². The van der Waals surface area contributed by atoms with Gasteiger partial charge in [0, 0.05) is 18.7 Å². The predicted molar refractivity (Wildman–Crippen MR) is 89.1 cm³/mol. The van der Waals surface area contributed by atoms with E-state index < -0.39 is 13.2 Å². The van der Waals surface area contributed by atoms with E-state index in [-0.39, 0.29) is 17.0 Å². The third-order valence-electron chi connectivity index (χ3n) is 4.94. The average Bonchev–Trinajstić information content (AvgIpc) is 2.76. The molecule has 1 aromatic carbocycles. The van der Waals surface area contributed by atoms with Crippen LogP contribution in [0.2, 0.25) is 0 Å². The number of hydrogen-bond donors (Lipinski definition) is 1. The monoisotopic (exact) mass is 317 g/mol. The smallest absolute Gasteiger partial charge is 0.399 e. The summed E-state index contributed by atoms with van der Waals surface area (Å²) >= 11 is 0. The van der Waals surface area contributed by atoms with E-state index in [1.165, 1.54) is 0 Å². The van der Waals surface area contributed by atoms with E-state index in [0.29, 0.717) is 18.7 Å². The van der Waals surface area contributed by atoms with Gasteiger partial charge in [-0.05, 0) is 33.2 Å². The van der Waals surface area contributed by atoms with Crippen molar-refractivity contribution in [2.75, 3.05) is 19.7 Å². The van der Waals surface area contributed by atoms with Crippen LogP contribution in [0.4, 0.5) is 0 Å². The lowest BCUT2D eigenvalue weighted by Gasteiger charge is -2.32. The Hall–Kier alpha value is -1.21. The van der Waals surface area contributed by atoms with Crippen molar-refractivity contribution >= 4 is 18.4 Å². The molecule has 3 rings (SSSR count). The molecule has 0 spiro atoms. The number of ketones is 1. The van der Waals surface area contributed by atoms with Crippen molar-refractivity contribution in [3.63, 3.8) is 0 Å². The molecule has 0 aliphatic carbocycles. The van der Waals surface area contributed by atoms with Gasteiger partial charge in [-0.25, -0.2) is 0 Å². The highest BCUT2D eigenvalue weighted by atomic mass is 16.7. The number of ether oxygens (including phenoxy) is 1. The normalized spacial score (nSPS) is 26.3. The molecule has 1 aromatic rings. The van der Waals surface area contributed by atoms with Crippen molar-refractivity contribution in [2.45, 2.75) is 45.0 Å². The molecule has 0 aromatic heterocycles. The summed E-state index contributed by atoms with van der Waals surface area (Å²) in [5, 5.41) is 3.17. The fraction of sp³-hybridized carbons (Fsp3) is 0.588. The van der Waals surface area contributed by atoms with Gasteiger partial charge in [-0.15, -0.1) is 0 Å². The molecule has 0 bridgehead atoms. The highest BCUT2D eigenvalue weighted by molar-refractivity contribution is 6.62. The van der Waals surface area contributed by atoms with Gasteiger partial charge < -0.3 is 19.4 Å². The molecule has 1 atom stereocenters. The van der Waals surface area contributed by atoms with Crippen LogP contribution in [0.1, 0.15) is 38.1 Å². The second kappa shape index (κ2) is 6.02. The molecular formula is C17H24BNO4. The van der Waals surface area contributed by atoms with Crippen molar-refractivity contribution in [1.29, 1.82) is 0 Å². The molecule has 1 N–H and O–H groups in total. The van der Waals surface area contributed by atoms with Crippen LogP contribution in [0.5, 0.6) is 0 Å². The standard InChI is InChI=1S/C17H24BNO4/c1-16(2)17(3,4)23-18(22-16)13-7-5-12(6-8-13)15(20)14-11-19-9-10-21-14/h5-8,14,19H,9-11H2,1-4H3. The number of carbonyl (C=O) groups excluding carboxylic acids is 1. The average molecular weight is 317 g/mol. The van der Waals surface area contributed by atoms with Crippen LogP contribution in [0.25, 0.3) is 0 Å². The number of benzene rings is 1. The fourth-order valence-corrected chi connectivity index (χ4v) is 2.70. The highest BCUT2D eigenvalue weighted by Gasteiger charge is 2.51. The summed E-state index contributed by atoms with van der Waals surface area (Å²) in [6.07, 6.45) is -0.397. The van der Waals surface area contributed by atoms with E-state index in [1.807, 2.05) is 52.0 Å². The molecule has 5 nitrogen and oxygen atoms in total. The van der Waals surface area contributed by atoms with Gasteiger partial charge in [0.1, 0.15) is 6.10 Å². The first kappa shape index (κ1) is 16.6. The van der Waals surface area contributed by atoms with Crippen LogP contribution < -0.4 is 10.8 Å². The van der Waals surface area contributed by atoms with Crippen molar-refractivity contribution in [1.82, 2.24) is 5.32 Å². The van der Waals surface area contributed by atoms with E-state index in [4.69, 9.17) is 14.0 Å². The van der Waals surface area contributed by atoms with Crippen molar-refractivity contribution in [3.8, 4) is 0 Å². The minimum absolute atomic E-state index is 0.0117. The van der Waals surface area contributed by atoms with Gasteiger partial charge in [0.05, 0.1) is 17.8 Å². The lowest BCUT2D eigenvalue weighted by molar-refractivity contribution is 0.00578. The summed E-state index contributed by atoms with van der Waals surface area (Å²) in [6, 6.07) is 7.43. The molecule has 23 heavy (non-hydrogen) atoms. The molecule has 2 aliphatic rings. The number of rotatable bonds is 3. The maximum absolute atomic E-state index is 12.4. The van der Waals surface area contributed by atoms with Gasteiger partial charge in [-0.1, -0.05) is 24.3 Å². The van der Waals surface area contributed by atoms with Crippen molar-refractivity contribution in [2.24, 2.45) is 0 Å². The zero-order chi connectivity index (χ0) is 16.7. The van der Waals surface area contributed by atoms with Crippen LogP contribution in [-0.4, -0.2) is 49.9 Å². The Bertz CT molecular complexity index is 563. The van der Waals surface area contributed by atoms with Gasteiger partial charge in [0.2, 0.25) is 0 Å². The van der Waals surface area contributed by atoms with Gasteiger partial charge in [0.25, 0.3) is 0 Å². The fourth-order valence-electron chi connectivity index (χ4n) is 2.70. The van der Waals surface area contributed by atoms with Gasteiger partial charge in [-0.2, -0.15) is 0 Å². The molecule has 6 heteroatoms. The molecule has 1 unspecified atom stereocenters. The van der Waals surface area contributed by atoms with E-state index in [0.717, 1.165) is 12.0 Å². The molecular weight excluding hydrogens is 293 g/mol. The van der Waals surface area contributed by atoms with Crippen LogP contribution >= 0.6 is 0 Å². The molecule has 0 amide bonds. The minimum Gasteiger partial charge on any atom is -0.399 e. The Morgan fingerprint density at radius 3 is 2.26 bits per heavy atom. The Morgan fingerprint density at radius 1 is 1.13 bits per heavy atom. The Kier molecular flexibility index (Phi) is 4.36. The van der Waals surface area contributed by atoms with Crippen LogP contribution in [0.15, 0.2) is 24.3 Å². The van der Waals surface area contributed by atoms with Crippen LogP contribution in [0.3, 0.4) is 0 Å². The third kappa shape index (κ3) is 3.22. The first-order valence-corrected chi connectivity index (χ1v) is 8.12. The Balaban J connectivity index is 1.71. The van der Waals surface area contributed by atoms with Crippen LogP contribution in [0, 0.1) is 0 Å². The van der Waals surface area contributed by atoms with E-state index >= 15 is 0 Å². The minimum atomic E-state index is -0.406. The lowest BCUT2D eigenvalue weighted by Crippen LogP contribution is -2.43. The number of hydrogen-bond acceptors (Lipinski definition) is 5. The summed E-state index contributed by atoms with van der Waals surface area (Å²) in [5.74, 6) is 0.0117. The Labute approximate surface area is 137 Å². The second-order valence-electron chi connectivity index (χ2n) is 7.14. The predicted octanol–water partition coefficient (Wildman–Crippen LogP) is 1.16. The summed E-state index contributed by atoms with van der Waals surface area (Å²) in [4.78, 5) is 12.4. The Morgan fingerprint density at radius 2 is 1.74 bits per heavy atom. The quantitative estimate of drug-likeness (QED) is 0.670. The molecule has 124 valence electrons. The summed E-state index contributed by atoms with van der Waals surface area (Å²) in [6.45, 7) is 10.0. The molecule has 2 fully saturated rings. The zero-order valence-electron chi connectivity index (χ0n) is 14.2. The van der Waals surface area contributed by atoms with Crippen molar-refractivity contribution in [3.05, 3.63) is 29.8 Å². The first-order chi connectivity index (χ1) is 10.8. The molecule has 0 saturated carbocycles. The molecule has 0 radical (unpaired) electrons. The van der Waals surface area contributed by atoms with Gasteiger partial charge in [-0.3, -0.25) is 4.79 Å². The largest absolute Gasteiger partial charge is 0.494 e. The number of carbonyl (C=O) groups is 1. The maximum Gasteiger partial charge on any atom is 0.494 e. The summed E-state index contributed by atoms with van der Waals surface area (Å²) in [5.41, 5.74) is 0.837. The topological polar surface area (TPSA) is 56.8 Å². The number of Topliss-reactive ketones (excluding diaryl/α,β-unsaturated/α-hetero) is 1. The molecule has 2 aliphatic heterocycles. The van der Waals surface area contributed by atoms with E-state index in [9.17, 15) is 4.79 Å². The van der Waals surface area contributed by atoms with Crippen LogP contribution in [-0.2, 0) is 14.0 Å². The summed E-state index contributed by atoms with van der Waals surface area (Å²) < 4.78 is 17.6.